The van der Waals surface area contributed by atoms with E-state index in [0.29, 0.717) is 13.2 Å². The molecule has 0 unspecified atom stereocenters. The number of carbonyl (C=O) groups is 1. The fourth-order valence-electron chi connectivity index (χ4n) is 2.66. The number of amides is 1. The summed E-state index contributed by atoms with van der Waals surface area (Å²) in [6, 6.07) is 0.0667. The normalized spacial score (nSPS) is 20.4. The van der Waals surface area contributed by atoms with E-state index in [4.69, 9.17) is 18.9 Å². The second-order valence-electron chi connectivity index (χ2n) is 5.23. The molecule has 9 heteroatoms. The Morgan fingerprint density at radius 1 is 1.04 bits per heavy atom. The molecular formula is C15H28N2O5S2. The van der Waals surface area contributed by atoms with Crippen molar-refractivity contribution in [1.29, 1.82) is 0 Å². The van der Waals surface area contributed by atoms with Gasteiger partial charge >= 0.3 is 0 Å². The molecule has 0 N–H and O–H groups in total. The predicted molar refractivity (Wildman–Crippen MR) is 98.6 cm³/mol. The summed E-state index contributed by atoms with van der Waals surface area (Å²) in [4.78, 5) is 19.0. The topological polar surface area (TPSA) is 69.6 Å². The lowest BCUT2D eigenvalue weighted by Crippen LogP contribution is -2.46. The first-order valence-electron chi connectivity index (χ1n) is 7.74. The molecule has 0 aromatic rings. The first-order valence-corrected chi connectivity index (χ1v) is 10.2. The van der Waals surface area contributed by atoms with Gasteiger partial charge in [0.15, 0.2) is 0 Å². The molecule has 24 heavy (non-hydrogen) atoms. The van der Waals surface area contributed by atoms with E-state index in [9.17, 15) is 4.79 Å². The number of carbonyl (C=O) groups excluding carboxylic acids is 1. The molecule has 1 heterocycles. The highest BCUT2D eigenvalue weighted by molar-refractivity contribution is 8.38. The smallest absolute Gasteiger partial charge is 0.244 e. The van der Waals surface area contributed by atoms with Crippen LogP contribution < -0.4 is 0 Å². The summed E-state index contributed by atoms with van der Waals surface area (Å²) in [6.07, 6.45) is 5.69. The molecule has 2 atom stereocenters. The molecule has 0 aromatic heterocycles. The number of thioether (sulfide) groups is 2. The van der Waals surface area contributed by atoms with Gasteiger partial charge in [0.05, 0.1) is 25.3 Å². The molecule has 1 aliphatic rings. The van der Waals surface area contributed by atoms with E-state index in [1.165, 1.54) is 0 Å². The zero-order valence-corrected chi connectivity index (χ0v) is 16.5. The number of ether oxygens (including phenoxy) is 4. The molecule has 0 aromatic carbocycles. The van der Waals surface area contributed by atoms with Crippen molar-refractivity contribution in [3.63, 3.8) is 0 Å². The van der Waals surface area contributed by atoms with Crippen LogP contribution in [0.15, 0.2) is 4.99 Å². The van der Waals surface area contributed by atoms with E-state index >= 15 is 0 Å². The summed E-state index contributed by atoms with van der Waals surface area (Å²) in [7, 11) is 3.17. The van der Waals surface area contributed by atoms with Gasteiger partial charge in [0.2, 0.25) is 5.91 Å². The second kappa shape index (κ2) is 13.0. The highest BCUT2D eigenvalue weighted by atomic mass is 32.2. The van der Waals surface area contributed by atoms with Crippen LogP contribution in [-0.4, -0.2) is 87.3 Å². The van der Waals surface area contributed by atoms with Gasteiger partial charge in [-0.2, -0.15) is 0 Å². The Morgan fingerprint density at radius 2 is 1.54 bits per heavy atom. The Morgan fingerprint density at radius 3 is 1.96 bits per heavy atom. The maximum absolute atomic E-state index is 12.7. The van der Waals surface area contributed by atoms with E-state index in [0.717, 1.165) is 17.2 Å². The van der Waals surface area contributed by atoms with E-state index in [-0.39, 0.29) is 38.1 Å². The van der Waals surface area contributed by atoms with Crippen molar-refractivity contribution in [3.05, 3.63) is 0 Å². The molecule has 0 aliphatic carbocycles. The van der Waals surface area contributed by atoms with Crippen LogP contribution >= 0.6 is 23.5 Å². The number of hydrogen-bond donors (Lipinski definition) is 0. The van der Waals surface area contributed by atoms with Crippen molar-refractivity contribution in [3.8, 4) is 0 Å². The summed E-state index contributed by atoms with van der Waals surface area (Å²) >= 11 is 3.10. The fourth-order valence-corrected chi connectivity index (χ4v) is 3.71. The Bertz CT molecular complexity index is 374. The lowest BCUT2D eigenvalue weighted by Gasteiger charge is -2.30. The molecule has 0 spiro atoms. The number of methoxy groups -OCH3 is 2. The number of nitrogens with zero attached hydrogens (tertiary/aromatic N) is 2. The third-order valence-corrected chi connectivity index (χ3v) is 5.58. The maximum atomic E-state index is 12.7. The Balaban J connectivity index is 2.68. The highest BCUT2D eigenvalue weighted by Crippen LogP contribution is 2.25. The van der Waals surface area contributed by atoms with E-state index in [1.807, 2.05) is 17.4 Å². The molecule has 0 radical (unpaired) electrons. The first-order chi connectivity index (χ1) is 11.7. The lowest BCUT2D eigenvalue weighted by molar-refractivity contribution is -0.137. The Labute approximate surface area is 152 Å². The number of likely N-dealkylation sites (tertiary alicyclic amines) is 1. The van der Waals surface area contributed by atoms with Crippen LogP contribution in [-0.2, 0) is 23.7 Å². The number of rotatable bonds is 10. The minimum absolute atomic E-state index is 0.00475. The van der Waals surface area contributed by atoms with Gasteiger partial charge in [0.25, 0.3) is 0 Å². The standard InChI is InChI=1S/C15H28N2O5S2/c1-19-10-21-8-12-5-6-13(9-22-11-20-2)17(12)14(18)7-16-15(23-3)24-4/h12-13H,5-11H2,1-4H3/t12-,13-/m0/s1. The van der Waals surface area contributed by atoms with E-state index in [2.05, 4.69) is 4.99 Å². The van der Waals surface area contributed by atoms with Gasteiger partial charge < -0.3 is 23.8 Å². The van der Waals surface area contributed by atoms with Crippen LogP contribution in [0.25, 0.3) is 0 Å². The lowest BCUT2D eigenvalue weighted by atomic mass is 10.2. The largest absolute Gasteiger partial charge is 0.359 e. The van der Waals surface area contributed by atoms with Crippen molar-refractivity contribution in [2.24, 2.45) is 4.99 Å². The quantitative estimate of drug-likeness (QED) is 0.247. The second-order valence-corrected chi connectivity index (χ2v) is 7.08. The summed E-state index contributed by atoms with van der Waals surface area (Å²) in [5, 5.41) is 0. The molecule has 7 nitrogen and oxygen atoms in total. The summed E-state index contributed by atoms with van der Waals surface area (Å²) in [6.45, 7) is 1.53. The fraction of sp³-hybridized carbons (Fsp3) is 0.867. The van der Waals surface area contributed by atoms with Gasteiger partial charge in [-0.05, 0) is 25.4 Å². The SMILES string of the molecule is COCOC[C@@H]1CC[C@@H](COCOC)N1C(=O)CN=C(SC)SC. The van der Waals surface area contributed by atoms with Crippen LogP contribution in [0.2, 0.25) is 0 Å². The Kier molecular flexibility index (Phi) is 11.7. The van der Waals surface area contributed by atoms with Crippen LogP contribution in [0.1, 0.15) is 12.8 Å². The minimum Gasteiger partial charge on any atom is -0.359 e. The number of hydrogen-bond acceptors (Lipinski definition) is 8. The van der Waals surface area contributed by atoms with Crippen molar-refractivity contribution in [2.75, 3.05) is 60.1 Å². The Hall–Kier alpha value is -0.320. The van der Waals surface area contributed by atoms with E-state index < -0.39 is 0 Å². The molecule has 140 valence electrons. The zero-order valence-electron chi connectivity index (χ0n) is 14.9. The van der Waals surface area contributed by atoms with Gasteiger partial charge in [0, 0.05) is 14.2 Å². The van der Waals surface area contributed by atoms with Crippen molar-refractivity contribution < 1.29 is 23.7 Å². The van der Waals surface area contributed by atoms with Crippen LogP contribution in [0.3, 0.4) is 0 Å². The zero-order chi connectivity index (χ0) is 17.8. The average molecular weight is 381 g/mol. The third kappa shape index (κ3) is 7.28. The molecule has 1 saturated heterocycles. The van der Waals surface area contributed by atoms with Gasteiger partial charge in [0.1, 0.15) is 24.5 Å². The predicted octanol–water partition coefficient (Wildman–Crippen LogP) is 1.67. The van der Waals surface area contributed by atoms with Gasteiger partial charge in [-0.25, -0.2) is 0 Å². The average Bonchev–Trinajstić information content (AvgIpc) is 2.99. The minimum atomic E-state index is 0.00475. The summed E-state index contributed by atoms with van der Waals surface area (Å²) < 4.78 is 21.7. The molecule has 1 rings (SSSR count). The molecule has 0 saturated carbocycles. The van der Waals surface area contributed by atoms with Crippen molar-refractivity contribution in [2.45, 2.75) is 24.9 Å². The summed E-state index contributed by atoms with van der Waals surface area (Å²) in [5.74, 6) is 0.00475. The van der Waals surface area contributed by atoms with Crippen molar-refractivity contribution in [1.82, 2.24) is 4.90 Å². The van der Waals surface area contributed by atoms with Crippen LogP contribution in [0, 0.1) is 0 Å². The summed E-state index contributed by atoms with van der Waals surface area (Å²) in [5.41, 5.74) is 0. The van der Waals surface area contributed by atoms with Gasteiger partial charge in [-0.3, -0.25) is 9.79 Å². The van der Waals surface area contributed by atoms with Gasteiger partial charge in [-0.15, -0.1) is 23.5 Å². The van der Waals surface area contributed by atoms with Crippen LogP contribution in [0.4, 0.5) is 0 Å². The maximum Gasteiger partial charge on any atom is 0.244 e. The van der Waals surface area contributed by atoms with Gasteiger partial charge in [-0.1, -0.05) is 0 Å². The monoisotopic (exact) mass is 380 g/mol. The molecule has 1 fully saturated rings. The third-order valence-electron chi connectivity index (χ3n) is 3.62. The highest BCUT2D eigenvalue weighted by Gasteiger charge is 2.36. The molecule has 1 aliphatic heterocycles. The molecule has 1 amide bonds. The molecular weight excluding hydrogens is 352 g/mol. The van der Waals surface area contributed by atoms with Crippen LogP contribution in [0.5, 0.6) is 0 Å². The number of aliphatic imine (C=N–C) groups is 1. The first kappa shape index (κ1) is 21.7. The molecule has 0 bridgehead atoms. The van der Waals surface area contributed by atoms with Crippen molar-refractivity contribution >= 4 is 33.8 Å². The van der Waals surface area contributed by atoms with E-state index in [1.54, 1.807) is 37.7 Å².